The van der Waals surface area contributed by atoms with E-state index in [1.165, 1.54) is 6.07 Å². The van der Waals surface area contributed by atoms with E-state index in [9.17, 15) is 13.6 Å². The largest absolute Gasteiger partial charge is 0.432 e. The Labute approximate surface area is 147 Å². The van der Waals surface area contributed by atoms with Crippen LogP contribution in [0.2, 0.25) is 0 Å². The first-order valence-corrected chi connectivity index (χ1v) is 8.29. The monoisotopic (exact) mass is 358 g/mol. The minimum Gasteiger partial charge on any atom is -0.351 e. The van der Waals surface area contributed by atoms with Gasteiger partial charge in [-0.3, -0.25) is 10.4 Å². The minimum atomic E-state index is -1.05. The number of fused-ring (bicyclic) bond motifs is 1. The Bertz CT molecular complexity index is 953. The molecule has 1 aliphatic rings. The second kappa shape index (κ2) is 6.72. The molecule has 1 saturated heterocycles. The Kier molecular flexibility index (Phi) is 4.26. The van der Waals surface area contributed by atoms with Gasteiger partial charge in [-0.25, -0.2) is 13.6 Å². The van der Waals surface area contributed by atoms with E-state index >= 15 is 0 Å². The maximum atomic E-state index is 14.4. The molecule has 0 unspecified atom stereocenters. The number of hydrogen-bond donors (Lipinski definition) is 2. The van der Waals surface area contributed by atoms with Crippen molar-refractivity contribution >= 4 is 22.8 Å². The number of nitrogens with one attached hydrogen (secondary N) is 2. The molecule has 134 valence electrons. The van der Waals surface area contributed by atoms with Gasteiger partial charge in [-0.15, -0.1) is 5.06 Å². The van der Waals surface area contributed by atoms with Crippen molar-refractivity contribution in [3.8, 4) is 11.1 Å². The molecule has 26 heavy (non-hydrogen) atoms. The number of carbonyl (C=O) groups is 1. The first-order valence-electron chi connectivity index (χ1n) is 8.29. The molecule has 8 heteroatoms. The highest BCUT2D eigenvalue weighted by Gasteiger charge is 2.22. The SMILES string of the molecule is O=C(Nc1n[nH]c2c(F)c(F)c(-c3ccccc3)cc12)ON1CCCC1. The second-order valence-corrected chi connectivity index (χ2v) is 6.05. The van der Waals surface area contributed by atoms with Crippen LogP contribution in [0.3, 0.4) is 0 Å². The zero-order chi connectivity index (χ0) is 18.1. The van der Waals surface area contributed by atoms with E-state index in [-0.39, 0.29) is 22.3 Å². The molecular formula is C18H16F2N4O2. The summed E-state index contributed by atoms with van der Waals surface area (Å²) in [7, 11) is 0. The highest BCUT2D eigenvalue weighted by Crippen LogP contribution is 2.32. The number of carbonyl (C=O) groups excluding carboxylic acids is 1. The van der Waals surface area contributed by atoms with Crippen molar-refractivity contribution in [1.82, 2.24) is 15.3 Å². The quantitative estimate of drug-likeness (QED) is 0.741. The molecule has 1 amide bonds. The number of benzene rings is 2. The van der Waals surface area contributed by atoms with Gasteiger partial charge >= 0.3 is 6.09 Å². The van der Waals surface area contributed by atoms with Gasteiger partial charge < -0.3 is 4.84 Å². The van der Waals surface area contributed by atoms with Crippen molar-refractivity contribution < 1.29 is 18.4 Å². The molecule has 2 heterocycles. The van der Waals surface area contributed by atoms with Gasteiger partial charge in [0, 0.05) is 24.0 Å². The van der Waals surface area contributed by atoms with Crippen LogP contribution < -0.4 is 5.32 Å². The van der Waals surface area contributed by atoms with E-state index in [1.807, 2.05) is 0 Å². The smallest absolute Gasteiger partial charge is 0.351 e. The lowest BCUT2D eigenvalue weighted by molar-refractivity contribution is -0.0739. The fourth-order valence-corrected chi connectivity index (χ4v) is 3.03. The molecule has 0 aliphatic carbocycles. The van der Waals surface area contributed by atoms with Crippen LogP contribution in [0.15, 0.2) is 36.4 Å². The van der Waals surface area contributed by atoms with Gasteiger partial charge in [-0.1, -0.05) is 30.3 Å². The van der Waals surface area contributed by atoms with Crippen LogP contribution in [0.25, 0.3) is 22.0 Å². The number of rotatable bonds is 3. The van der Waals surface area contributed by atoms with Crippen molar-refractivity contribution in [2.45, 2.75) is 12.8 Å². The van der Waals surface area contributed by atoms with Gasteiger partial charge in [0.05, 0.1) is 0 Å². The van der Waals surface area contributed by atoms with E-state index in [1.54, 1.807) is 35.4 Å². The van der Waals surface area contributed by atoms with Gasteiger partial charge in [0.25, 0.3) is 0 Å². The third-order valence-electron chi connectivity index (χ3n) is 4.32. The lowest BCUT2D eigenvalue weighted by atomic mass is 10.0. The van der Waals surface area contributed by atoms with Crippen molar-refractivity contribution in [3.63, 3.8) is 0 Å². The zero-order valence-electron chi connectivity index (χ0n) is 13.8. The second-order valence-electron chi connectivity index (χ2n) is 6.05. The molecule has 2 N–H and O–H groups in total. The van der Waals surface area contributed by atoms with Gasteiger partial charge in [0.1, 0.15) is 5.52 Å². The van der Waals surface area contributed by atoms with Crippen LogP contribution in [0, 0.1) is 11.6 Å². The maximum Gasteiger partial charge on any atom is 0.432 e. The third-order valence-corrected chi connectivity index (χ3v) is 4.32. The van der Waals surface area contributed by atoms with E-state index in [2.05, 4.69) is 15.5 Å². The summed E-state index contributed by atoms with van der Waals surface area (Å²) in [6, 6.07) is 10.1. The summed E-state index contributed by atoms with van der Waals surface area (Å²) < 4.78 is 28.8. The first kappa shape index (κ1) is 16.5. The zero-order valence-corrected chi connectivity index (χ0v) is 13.8. The fraction of sp³-hybridized carbons (Fsp3) is 0.222. The Hall–Kier alpha value is -3.00. The molecule has 4 rings (SSSR count). The molecule has 6 nitrogen and oxygen atoms in total. The molecular weight excluding hydrogens is 342 g/mol. The summed E-state index contributed by atoms with van der Waals surface area (Å²) in [5.41, 5.74) is 0.504. The molecule has 1 aliphatic heterocycles. The Morgan fingerprint density at radius 2 is 1.88 bits per heavy atom. The predicted molar refractivity (Wildman–Crippen MR) is 92.4 cm³/mol. The van der Waals surface area contributed by atoms with E-state index in [0.717, 1.165) is 12.8 Å². The Morgan fingerprint density at radius 1 is 1.15 bits per heavy atom. The van der Waals surface area contributed by atoms with Crippen molar-refractivity contribution in [1.29, 1.82) is 0 Å². The molecule has 1 fully saturated rings. The number of hydroxylamine groups is 2. The number of nitrogens with zero attached hydrogens (tertiary/aromatic N) is 2. The van der Waals surface area contributed by atoms with Gasteiger partial charge in [-0.05, 0) is 24.5 Å². The lowest BCUT2D eigenvalue weighted by Gasteiger charge is -2.14. The Morgan fingerprint density at radius 3 is 2.62 bits per heavy atom. The molecule has 0 spiro atoms. The summed E-state index contributed by atoms with van der Waals surface area (Å²) in [6.07, 6.45) is 1.21. The molecule has 1 aromatic heterocycles. The molecule has 0 atom stereocenters. The summed E-state index contributed by atoms with van der Waals surface area (Å²) in [4.78, 5) is 17.2. The minimum absolute atomic E-state index is 0.0836. The first-order chi connectivity index (χ1) is 12.6. The number of hydrogen-bond acceptors (Lipinski definition) is 4. The van der Waals surface area contributed by atoms with Crippen LogP contribution in [-0.2, 0) is 4.84 Å². The number of anilines is 1. The number of H-pyrrole nitrogens is 1. The average Bonchev–Trinajstić information content (AvgIpc) is 3.29. The van der Waals surface area contributed by atoms with Crippen LogP contribution in [-0.4, -0.2) is 34.4 Å². The van der Waals surface area contributed by atoms with Gasteiger partial charge in [0.2, 0.25) is 0 Å². The molecule has 3 aromatic rings. The van der Waals surface area contributed by atoms with E-state index in [4.69, 9.17) is 4.84 Å². The summed E-state index contributed by atoms with van der Waals surface area (Å²) in [5, 5.41) is 10.6. The number of amides is 1. The number of halogens is 2. The topological polar surface area (TPSA) is 70.2 Å². The normalized spacial score (nSPS) is 14.7. The lowest BCUT2D eigenvalue weighted by Crippen LogP contribution is -2.27. The van der Waals surface area contributed by atoms with Crippen molar-refractivity contribution in [2.75, 3.05) is 18.4 Å². The predicted octanol–water partition coefficient (Wildman–Crippen LogP) is 4.07. The van der Waals surface area contributed by atoms with E-state index in [0.29, 0.717) is 18.7 Å². The average molecular weight is 358 g/mol. The van der Waals surface area contributed by atoms with Gasteiger partial charge in [-0.2, -0.15) is 5.10 Å². The van der Waals surface area contributed by atoms with Crippen molar-refractivity contribution in [3.05, 3.63) is 48.0 Å². The molecule has 0 radical (unpaired) electrons. The highest BCUT2D eigenvalue weighted by molar-refractivity contribution is 5.99. The maximum absolute atomic E-state index is 14.4. The highest BCUT2D eigenvalue weighted by atomic mass is 19.2. The van der Waals surface area contributed by atoms with Crippen LogP contribution in [0.1, 0.15) is 12.8 Å². The van der Waals surface area contributed by atoms with Crippen LogP contribution in [0.5, 0.6) is 0 Å². The third kappa shape index (κ3) is 2.99. The van der Waals surface area contributed by atoms with Crippen molar-refractivity contribution in [2.24, 2.45) is 0 Å². The van der Waals surface area contributed by atoms with Gasteiger partial charge in [0.15, 0.2) is 17.5 Å². The fourth-order valence-electron chi connectivity index (χ4n) is 3.03. The standard InChI is InChI=1S/C18H16F2N4O2/c19-14-12(11-6-2-1-3-7-11)10-13-16(15(14)20)22-23-17(13)21-18(25)26-24-8-4-5-9-24/h1-3,6-7,10H,4-5,8-9H2,(H2,21,22,23,25). The molecule has 2 aromatic carbocycles. The summed E-state index contributed by atoms with van der Waals surface area (Å²) >= 11 is 0. The van der Waals surface area contributed by atoms with Crippen LogP contribution in [0.4, 0.5) is 19.4 Å². The number of aromatic amines is 1. The summed E-state index contributed by atoms with van der Waals surface area (Å²) in [6.45, 7) is 1.35. The molecule has 0 bridgehead atoms. The number of aromatic nitrogens is 2. The summed E-state index contributed by atoms with van der Waals surface area (Å²) in [5.74, 6) is -1.94. The van der Waals surface area contributed by atoms with Crippen LogP contribution >= 0.6 is 0 Å². The Balaban J connectivity index is 1.68. The molecule has 0 saturated carbocycles. The van der Waals surface area contributed by atoms with E-state index < -0.39 is 17.7 Å².